The minimum Gasteiger partial charge on any atom is -0.455 e. The molecule has 0 saturated carbocycles. The Morgan fingerprint density at radius 3 is 2.66 bits per heavy atom. The number of fused-ring (bicyclic) bond motifs is 2. The lowest BCUT2D eigenvalue weighted by Gasteiger charge is -2.36. The van der Waals surface area contributed by atoms with Gasteiger partial charge in [0.2, 0.25) is 17.7 Å². The number of para-hydroxylation sites is 1. The fourth-order valence-corrected chi connectivity index (χ4v) is 7.71. The van der Waals surface area contributed by atoms with Crippen molar-refractivity contribution in [3.8, 4) is 0 Å². The molecule has 3 amide bonds. The van der Waals surface area contributed by atoms with Crippen LogP contribution in [0.3, 0.4) is 0 Å². The van der Waals surface area contributed by atoms with Crippen LogP contribution in [0.2, 0.25) is 0 Å². The van der Waals surface area contributed by atoms with E-state index in [1.807, 2.05) is 54.6 Å². The molecule has 0 aliphatic carbocycles. The highest BCUT2D eigenvalue weighted by Crippen LogP contribution is 2.59. The van der Waals surface area contributed by atoms with Crippen molar-refractivity contribution in [1.82, 2.24) is 30.1 Å². The van der Waals surface area contributed by atoms with Gasteiger partial charge >= 0.3 is 5.97 Å². The number of amides is 3. The van der Waals surface area contributed by atoms with Crippen molar-refractivity contribution >= 4 is 34.7 Å². The predicted molar refractivity (Wildman–Crippen MR) is 183 cm³/mol. The van der Waals surface area contributed by atoms with Gasteiger partial charge in [-0.05, 0) is 49.8 Å². The summed E-state index contributed by atoms with van der Waals surface area (Å²) in [6.07, 6.45) is 4.43. The number of nitrogens with zero attached hydrogens (tertiary/aromatic N) is 5. The molecule has 50 heavy (non-hydrogen) atoms. The summed E-state index contributed by atoms with van der Waals surface area (Å²) in [5, 5.41) is 20.9. The number of carbonyl (C=O) groups is 4. The lowest BCUT2D eigenvalue weighted by Crippen LogP contribution is -2.56. The first-order valence-corrected chi connectivity index (χ1v) is 17.2. The minimum atomic E-state index is -1.24. The number of aliphatic hydroxyl groups excluding tert-OH is 1. The van der Waals surface area contributed by atoms with Crippen LogP contribution in [0, 0.1) is 11.8 Å². The Morgan fingerprint density at radius 1 is 1.12 bits per heavy atom. The Morgan fingerprint density at radius 2 is 1.90 bits per heavy atom. The molecule has 1 spiro atoms. The van der Waals surface area contributed by atoms with Crippen LogP contribution in [0.1, 0.15) is 50.2 Å². The van der Waals surface area contributed by atoms with Gasteiger partial charge in [0.1, 0.15) is 29.9 Å². The molecule has 0 unspecified atom stereocenters. The number of rotatable bonds is 17. The van der Waals surface area contributed by atoms with E-state index in [0.29, 0.717) is 43.2 Å². The van der Waals surface area contributed by atoms with Gasteiger partial charge in [0, 0.05) is 26.1 Å². The molecule has 3 aliphatic rings. The van der Waals surface area contributed by atoms with E-state index in [1.54, 1.807) is 21.7 Å². The Balaban J connectivity index is 1.28. The van der Waals surface area contributed by atoms with Crippen molar-refractivity contribution in [2.24, 2.45) is 11.8 Å². The number of ether oxygens (including phenoxy) is 2. The predicted octanol–water partition coefficient (Wildman–Crippen LogP) is 2.92. The molecule has 0 radical (unpaired) electrons. The first kappa shape index (κ1) is 35.0. The molecule has 2 bridgehead atoms. The highest BCUT2D eigenvalue weighted by molar-refractivity contribution is 5.98. The summed E-state index contributed by atoms with van der Waals surface area (Å²) in [4.78, 5) is 58.9. The van der Waals surface area contributed by atoms with E-state index in [9.17, 15) is 24.3 Å². The number of hydrogen-bond acceptors (Lipinski definition) is 9. The summed E-state index contributed by atoms with van der Waals surface area (Å²) in [7, 11) is 0. The number of carbonyl (C=O) groups excluding carboxylic acids is 4. The van der Waals surface area contributed by atoms with E-state index >= 15 is 0 Å². The maximum absolute atomic E-state index is 14.7. The number of unbranched alkanes of at least 4 members (excludes halogenated alkanes) is 1. The highest BCUT2D eigenvalue weighted by Gasteiger charge is 2.75. The third kappa shape index (κ3) is 6.67. The van der Waals surface area contributed by atoms with Gasteiger partial charge < -0.3 is 29.7 Å². The average Bonchev–Trinajstić information content (AvgIpc) is 3.88. The maximum Gasteiger partial charge on any atom is 0.313 e. The number of allylic oxidation sites excluding steroid dienone is 1. The van der Waals surface area contributed by atoms with Crippen LogP contribution in [-0.4, -0.2) is 97.6 Å². The average molecular weight is 685 g/mol. The fraction of sp³-hybridized carbons (Fsp3) is 0.459. The Kier molecular flexibility index (Phi) is 10.7. The zero-order valence-electron chi connectivity index (χ0n) is 28.1. The molecule has 6 rings (SSSR count). The van der Waals surface area contributed by atoms with Crippen molar-refractivity contribution in [1.29, 1.82) is 0 Å². The molecule has 3 fully saturated rings. The minimum absolute atomic E-state index is 0.0512. The van der Waals surface area contributed by atoms with Crippen molar-refractivity contribution in [3.05, 3.63) is 85.5 Å². The van der Waals surface area contributed by atoms with Gasteiger partial charge in [-0.2, -0.15) is 0 Å². The van der Waals surface area contributed by atoms with Gasteiger partial charge in [-0.15, -0.1) is 18.3 Å². The van der Waals surface area contributed by atoms with E-state index < -0.39 is 41.7 Å². The van der Waals surface area contributed by atoms with Crippen LogP contribution in [-0.2, 0) is 35.3 Å². The molecule has 3 aliphatic heterocycles. The summed E-state index contributed by atoms with van der Waals surface area (Å²) in [6.45, 7) is 7.97. The van der Waals surface area contributed by atoms with Crippen molar-refractivity contribution in [2.75, 3.05) is 26.2 Å². The van der Waals surface area contributed by atoms with Gasteiger partial charge in [-0.3, -0.25) is 19.2 Å². The number of benzene rings is 2. The van der Waals surface area contributed by atoms with E-state index in [-0.39, 0.29) is 57.1 Å². The van der Waals surface area contributed by atoms with Crippen LogP contribution in [0.25, 0.3) is 11.0 Å². The second kappa shape index (κ2) is 15.3. The van der Waals surface area contributed by atoms with Crippen LogP contribution in [0.5, 0.6) is 0 Å². The zero-order chi connectivity index (χ0) is 35.3. The van der Waals surface area contributed by atoms with Crippen molar-refractivity contribution in [3.63, 3.8) is 0 Å². The Labute approximate surface area is 290 Å². The van der Waals surface area contributed by atoms with E-state index in [4.69, 9.17) is 9.47 Å². The third-order valence-corrected chi connectivity index (χ3v) is 9.99. The first-order chi connectivity index (χ1) is 24.3. The van der Waals surface area contributed by atoms with Crippen LogP contribution < -0.4 is 5.32 Å². The fourth-order valence-electron chi connectivity index (χ4n) is 7.71. The second-order valence-electron chi connectivity index (χ2n) is 13.1. The summed E-state index contributed by atoms with van der Waals surface area (Å²) in [5.41, 5.74) is 0.884. The van der Waals surface area contributed by atoms with E-state index in [0.717, 1.165) is 5.52 Å². The first-order valence-electron chi connectivity index (χ1n) is 17.2. The molecular weight excluding hydrogens is 640 g/mol. The Hall–Kier alpha value is -4.88. The molecule has 6 atom stereocenters. The van der Waals surface area contributed by atoms with Crippen molar-refractivity contribution < 1.29 is 33.8 Å². The SMILES string of the molecule is C=CCCC(=O)NC[C@H](OC(=O)[C@@H]1[C@H]2C(=O)N(CCCCO)[C@H](C(=O)N(CC=C)Cn3nnc4ccccc43)[C@]23CC[C@H]1O3)c1ccccc1. The standard InChI is InChI=1S/C37H44N6O7/c1-3-5-17-30(45)38-23-29(25-13-7-6-8-14-25)49-36(48)31-28-18-19-37(50-28)32(31)34(46)42(21-11-12-22-44)33(37)35(47)41(20-4-2)24-43-27-16-10-9-15-26(27)39-40-43/h3-4,6-10,13-16,28-29,31-33,44H,1-2,5,11-12,17-24H2,(H,38,45)/t28-,29+,31+,32+,33-,37+/m1/s1. The smallest absolute Gasteiger partial charge is 0.313 e. The van der Waals surface area contributed by atoms with Gasteiger partial charge in [-0.1, -0.05) is 59.8 Å². The van der Waals surface area contributed by atoms with Gasteiger partial charge in [0.15, 0.2) is 0 Å². The number of nitrogens with one attached hydrogen (secondary N) is 1. The summed E-state index contributed by atoms with van der Waals surface area (Å²) in [6, 6.07) is 15.6. The van der Waals surface area contributed by atoms with Crippen LogP contribution in [0.15, 0.2) is 79.9 Å². The number of esters is 1. The normalized spacial score (nSPS) is 24.2. The van der Waals surface area contributed by atoms with Gasteiger partial charge in [-0.25, -0.2) is 4.68 Å². The van der Waals surface area contributed by atoms with E-state index in [1.165, 1.54) is 4.90 Å². The number of likely N-dealkylation sites (tertiary alicyclic amines) is 1. The Bertz CT molecular complexity index is 1730. The topological polar surface area (TPSA) is 156 Å². The second-order valence-corrected chi connectivity index (χ2v) is 13.1. The molecule has 264 valence electrons. The lowest BCUT2D eigenvalue weighted by molar-refractivity contribution is -0.160. The summed E-state index contributed by atoms with van der Waals surface area (Å²) in [5.74, 6) is -3.37. The maximum atomic E-state index is 14.7. The van der Waals surface area contributed by atoms with Gasteiger partial charge in [0.05, 0.1) is 30.0 Å². The largest absolute Gasteiger partial charge is 0.455 e. The quantitative estimate of drug-likeness (QED) is 0.124. The summed E-state index contributed by atoms with van der Waals surface area (Å²) < 4.78 is 14.4. The van der Waals surface area contributed by atoms with Gasteiger partial charge in [0.25, 0.3) is 0 Å². The monoisotopic (exact) mass is 684 g/mol. The van der Waals surface area contributed by atoms with Crippen molar-refractivity contribution in [2.45, 2.75) is 69.0 Å². The third-order valence-electron chi connectivity index (χ3n) is 9.99. The molecule has 13 heteroatoms. The molecule has 3 saturated heterocycles. The van der Waals surface area contributed by atoms with Crippen LogP contribution in [0.4, 0.5) is 0 Å². The number of aromatic nitrogens is 3. The highest BCUT2D eigenvalue weighted by atomic mass is 16.6. The molecule has 4 heterocycles. The lowest BCUT2D eigenvalue weighted by atomic mass is 9.70. The van der Waals surface area contributed by atoms with E-state index in [2.05, 4.69) is 28.8 Å². The van der Waals surface area contributed by atoms with Crippen LogP contribution >= 0.6 is 0 Å². The molecule has 1 aromatic heterocycles. The molecule has 2 N–H and O–H groups in total. The molecular formula is C37H44N6O7. The molecule has 3 aromatic rings. The number of aliphatic hydroxyl groups is 1. The number of hydrogen-bond donors (Lipinski definition) is 2. The summed E-state index contributed by atoms with van der Waals surface area (Å²) >= 11 is 0. The molecule has 2 aromatic carbocycles. The zero-order valence-corrected chi connectivity index (χ0v) is 28.1. The molecule has 13 nitrogen and oxygen atoms in total.